The zero-order chi connectivity index (χ0) is 13.2. The number of nitrogens with one attached hydrogen (secondary N) is 1. The molecule has 1 aromatic heterocycles. The van der Waals surface area contributed by atoms with Gasteiger partial charge in [0, 0.05) is 0 Å². The number of fused-ring (bicyclic) bond motifs is 1. The maximum Gasteiger partial charge on any atom is 0.294 e. The average Bonchev–Trinajstić information content (AvgIpc) is 2.83. The van der Waals surface area contributed by atoms with Crippen molar-refractivity contribution in [2.75, 3.05) is 0 Å². The summed E-state index contributed by atoms with van der Waals surface area (Å²) < 4.78 is 5.65. The van der Waals surface area contributed by atoms with Crippen molar-refractivity contribution in [3.8, 4) is 11.5 Å². The zero-order valence-corrected chi connectivity index (χ0v) is 9.87. The molecule has 19 heavy (non-hydrogen) atoms. The quantitative estimate of drug-likeness (QED) is 0.569. The van der Waals surface area contributed by atoms with Crippen LogP contribution in [0.25, 0.3) is 10.9 Å². The van der Waals surface area contributed by atoms with Crippen LogP contribution in [0.15, 0.2) is 54.7 Å². The number of nitro groups is 1. The van der Waals surface area contributed by atoms with Gasteiger partial charge in [-0.25, -0.2) is 0 Å². The fourth-order valence-electron chi connectivity index (χ4n) is 1.92. The van der Waals surface area contributed by atoms with Gasteiger partial charge in [0.05, 0.1) is 22.0 Å². The maximum absolute atomic E-state index is 10.9. The Morgan fingerprint density at radius 3 is 2.58 bits per heavy atom. The van der Waals surface area contributed by atoms with Gasteiger partial charge >= 0.3 is 0 Å². The van der Waals surface area contributed by atoms with Crippen LogP contribution in [0, 0.1) is 10.1 Å². The number of hydrogen-bond acceptors (Lipinski definition) is 3. The second kappa shape index (κ2) is 4.45. The molecule has 0 aliphatic rings. The first kappa shape index (κ1) is 11.3. The van der Waals surface area contributed by atoms with Crippen LogP contribution >= 0.6 is 0 Å². The lowest BCUT2D eigenvalue weighted by atomic mass is 10.2. The Hall–Kier alpha value is -2.82. The van der Waals surface area contributed by atoms with Crippen LogP contribution in [0.4, 0.5) is 5.69 Å². The van der Waals surface area contributed by atoms with Crippen LogP contribution in [0.3, 0.4) is 0 Å². The minimum absolute atomic E-state index is 0.0495. The Bertz CT molecular complexity index is 735. The molecular weight excluding hydrogens is 244 g/mol. The van der Waals surface area contributed by atoms with Crippen LogP contribution in [-0.2, 0) is 0 Å². The summed E-state index contributed by atoms with van der Waals surface area (Å²) in [4.78, 5) is 13.3. The Kier molecular flexibility index (Phi) is 2.64. The molecule has 94 valence electrons. The Balaban J connectivity index is 2.01. The van der Waals surface area contributed by atoms with Crippen molar-refractivity contribution >= 4 is 16.6 Å². The largest absolute Gasteiger partial charge is 0.457 e. The molecule has 0 spiro atoms. The molecule has 0 saturated heterocycles. The summed E-state index contributed by atoms with van der Waals surface area (Å²) in [7, 11) is 0. The van der Waals surface area contributed by atoms with E-state index in [0.29, 0.717) is 22.4 Å². The molecule has 3 aromatic rings. The average molecular weight is 254 g/mol. The van der Waals surface area contributed by atoms with Gasteiger partial charge in [-0.3, -0.25) is 10.1 Å². The van der Waals surface area contributed by atoms with E-state index in [1.807, 2.05) is 30.3 Å². The van der Waals surface area contributed by atoms with Crippen LogP contribution < -0.4 is 4.74 Å². The lowest BCUT2D eigenvalue weighted by molar-refractivity contribution is -0.383. The van der Waals surface area contributed by atoms with Gasteiger partial charge < -0.3 is 9.72 Å². The summed E-state index contributed by atoms with van der Waals surface area (Å²) in [6.45, 7) is 0. The highest BCUT2D eigenvalue weighted by atomic mass is 16.6. The van der Waals surface area contributed by atoms with Gasteiger partial charge in [0.2, 0.25) is 0 Å². The summed E-state index contributed by atoms with van der Waals surface area (Å²) in [5.74, 6) is 1.27. The van der Waals surface area contributed by atoms with E-state index in [2.05, 4.69) is 4.98 Å². The van der Waals surface area contributed by atoms with E-state index in [1.54, 1.807) is 18.2 Å². The van der Waals surface area contributed by atoms with Crippen LogP contribution in [0.5, 0.6) is 11.5 Å². The van der Waals surface area contributed by atoms with E-state index in [4.69, 9.17) is 4.74 Å². The molecule has 5 nitrogen and oxygen atoms in total. The molecule has 5 heteroatoms. The molecule has 1 heterocycles. The second-order valence-corrected chi connectivity index (χ2v) is 4.05. The fourth-order valence-corrected chi connectivity index (χ4v) is 1.92. The van der Waals surface area contributed by atoms with E-state index in [1.165, 1.54) is 6.20 Å². The number of H-pyrrole nitrogens is 1. The highest BCUT2D eigenvalue weighted by molar-refractivity contribution is 5.90. The number of rotatable bonds is 3. The van der Waals surface area contributed by atoms with Crippen molar-refractivity contribution in [1.29, 1.82) is 0 Å². The summed E-state index contributed by atoms with van der Waals surface area (Å²) in [5.41, 5.74) is 0.764. The first-order chi connectivity index (χ1) is 9.24. The molecule has 0 saturated carbocycles. The first-order valence-electron chi connectivity index (χ1n) is 5.72. The van der Waals surface area contributed by atoms with Gasteiger partial charge in [-0.1, -0.05) is 18.2 Å². The summed E-state index contributed by atoms with van der Waals surface area (Å²) >= 11 is 0. The molecule has 0 aliphatic heterocycles. The number of hydrogen-bond donors (Lipinski definition) is 1. The normalized spacial score (nSPS) is 10.5. The Morgan fingerprint density at radius 2 is 1.84 bits per heavy atom. The fraction of sp³-hybridized carbons (Fsp3) is 0. The monoisotopic (exact) mass is 254 g/mol. The van der Waals surface area contributed by atoms with Gasteiger partial charge in [0.15, 0.2) is 0 Å². The second-order valence-electron chi connectivity index (χ2n) is 4.05. The van der Waals surface area contributed by atoms with Gasteiger partial charge in [0.1, 0.15) is 11.5 Å². The standard InChI is InChI=1S/C14H10N2O3/c17-16(18)14-9-15-13-7-6-11(8-12(13)14)19-10-4-2-1-3-5-10/h1-9,15H. The minimum Gasteiger partial charge on any atom is -0.457 e. The highest BCUT2D eigenvalue weighted by Gasteiger charge is 2.14. The molecule has 1 N–H and O–H groups in total. The van der Waals surface area contributed by atoms with Crippen LogP contribution in [0.2, 0.25) is 0 Å². The number of aromatic nitrogens is 1. The minimum atomic E-state index is -0.412. The molecule has 0 unspecified atom stereocenters. The topological polar surface area (TPSA) is 68.2 Å². The molecular formula is C14H10N2O3. The van der Waals surface area contributed by atoms with E-state index in [9.17, 15) is 10.1 Å². The highest BCUT2D eigenvalue weighted by Crippen LogP contribution is 2.30. The molecule has 0 aliphatic carbocycles. The Morgan fingerprint density at radius 1 is 1.05 bits per heavy atom. The summed E-state index contributed by atoms with van der Waals surface area (Å²) in [5, 5.41) is 11.4. The van der Waals surface area contributed by atoms with Gasteiger partial charge in [-0.15, -0.1) is 0 Å². The molecule has 0 amide bonds. The number of benzene rings is 2. The summed E-state index contributed by atoms with van der Waals surface area (Å²) in [6.07, 6.45) is 1.39. The molecule has 2 aromatic carbocycles. The summed E-state index contributed by atoms with van der Waals surface area (Å²) in [6, 6.07) is 14.5. The van der Waals surface area contributed by atoms with Gasteiger partial charge in [0.25, 0.3) is 5.69 Å². The van der Waals surface area contributed by atoms with Crippen molar-refractivity contribution in [3.05, 3.63) is 64.8 Å². The van der Waals surface area contributed by atoms with Crippen molar-refractivity contribution < 1.29 is 9.66 Å². The number of nitrogens with zero attached hydrogens (tertiary/aromatic N) is 1. The van der Waals surface area contributed by atoms with Crippen LogP contribution in [-0.4, -0.2) is 9.91 Å². The van der Waals surface area contributed by atoms with Gasteiger partial charge in [-0.2, -0.15) is 0 Å². The maximum atomic E-state index is 10.9. The zero-order valence-electron chi connectivity index (χ0n) is 9.87. The smallest absolute Gasteiger partial charge is 0.294 e. The van der Waals surface area contributed by atoms with E-state index in [0.717, 1.165) is 0 Å². The Labute approximate surface area is 108 Å². The predicted molar refractivity (Wildman–Crippen MR) is 71.5 cm³/mol. The van der Waals surface area contributed by atoms with Crippen molar-refractivity contribution in [2.24, 2.45) is 0 Å². The lowest BCUT2D eigenvalue weighted by Gasteiger charge is -2.04. The number of aromatic amines is 1. The number of para-hydroxylation sites is 1. The van der Waals surface area contributed by atoms with Crippen LogP contribution in [0.1, 0.15) is 0 Å². The van der Waals surface area contributed by atoms with Crippen molar-refractivity contribution in [2.45, 2.75) is 0 Å². The molecule has 0 atom stereocenters. The molecule has 0 bridgehead atoms. The SMILES string of the molecule is O=[N+]([O-])c1c[nH]c2ccc(Oc3ccccc3)cc12. The third-order valence-electron chi connectivity index (χ3n) is 2.81. The van der Waals surface area contributed by atoms with Crippen molar-refractivity contribution in [1.82, 2.24) is 4.98 Å². The van der Waals surface area contributed by atoms with E-state index < -0.39 is 4.92 Å². The molecule has 0 fully saturated rings. The molecule has 0 radical (unpaired) electrons. The van der Waals surface area contributed by atoms with E-state index >= 15 is 0 Å². The molecule has 3 rings (SSSR count). The van der Waals surface area contributed by atoms with Gasteiger partial charge in [-0.05, 0) is 30.3 Å². The lowest BCUT2D eigenvalue weighted by Crippen LogP contribution is -1.86. The van der Waals surface area contributed by atoms with E-state index in [-0.39, 0.29) is 5.69 Å². The van der Waals surface area contributed by atoms with Crippen molar-refractivity contribution in [3.63, 3.8) is 0 Å². The predicted octanol–water partition coefficient (Wildman–Crippen LogP) is 3.87. The first-order valence-corrected chi connectivity index (χ1v) is 5.72. The third-order valence-corrected chi connectivity index (χ3v) is 2.81. The third kappa shape index (κ3) is 2.13. The number of ether oxygens (including phenoxy) is 1.